The fourth-order valence-corrected chi connectivity index (χ4v) is 2.70. The minimum atomic E-state index is 0.0351. The Morgan fingerprint density at radius 1 is 1.58 bits per heavy atom. The molecule has 106 valence electrons. The summed E-state index contributed by atoms with van der Waals surface area (Å²) in [5.41, 5.74) is 7.33. The molecular weight excluding hydrogens is 238 g/mol. The molecule has 0 radical (unpaired) electrons. The molecule has 1 saturated heterocycles. The molecule has 0 saturated carbocycles. The highest BCUT2D eigenvalue weighted by atomic mass is 16.2. The SMILES string of the molecule is CC1(C)CN(C(=O)CCCc2ccc[nH]2)CCC1N. The number of rotatable bonds is 4. The number of amides is 1. The molecule has 1 amide bonds. The summed E-state index contributed by atoms with van der Waals surface area (Å²) >= 11 is 0. The van der Waals surface area contributed by atoms with E-state index in [1.807, 2.05) is 17.2 Å². The van der Waals surface area contributed by atoms with Crippen LogP contribution in [0.1, 0.15) is 38.8 Å². The van der Waals surface area contributed by atoms with Crippen LogP contribution in [0.3, 0.4) is 0 Å². The predicted molar refractivity (Wildman–Crippen MR) is 76.7 cm³/mol. The van der Waals surface area contributed by atoms with Crippen LogP contribution in [0.4, 0.5) is 0 Å². The molecule has 0 spiro atoms. The largest absolute Gasteiger partial charge is 0.365 e. The first-order valence-corrected chi connectivity index (χ1v) is 7.15. The van der Waals surface area contributed by atoms with Gasteiger partial charge in [0, 0.05) is 37.4 Å². The van der Waals surface area contributed by atoms with Crippen LogP contribution in [0.25, 0.3) is 0 Å². The topological polar surface area (TPSA) is 62.1 Å². The van der Waals surface area contributed by atoms with E-state index in [0.29, 0.717) is 6.42 Å². The van der Waals surface area contributed by atoms with Gasteiger partial charge in [0.05, 0.1) is 0 Å². The van der Waals surface area contributed by atoms with Crippen LogP contribution >= 0.6 is 0 Å². The molecule has 19 heavy (non-hydrogen) atoms. The number of aryl methyl sites for hydroxylation is 1. The molecule has 1 atom stereocenters. The summed E-state index contributed by atoms with van der Waals surface area (Å²) in [6, 6.07) is 4.26. The fraction of sp³-hybridized carbons (Fsp3) is 0.667. The number of carbonyl (C=O) groups excluding carboxylic acids is 1. The average molecular weight is 263 g/mol. The van der Waals surface area contributed by atoms with Crippen LogP contribution < -0.4 is 5.73 Å². The van der Waals surface area contributed by atoms with Crippen molar-refractivity contribution >= 4 is 5.91 Å². The monoisotopic (exact) mass is 263 g/mol. The van der Waals surface area contributed by atoms with Gasteiger partial charge < -0.3 is 15.6 Å². The number of aromatic nitrogens is 1. The van der Waals surface area contributed by atoms with Gasteiger partial charge in [-0.25, -0.2) is 0 Å². The summed E-state index contributed by atoms with van der Waals surface area (Å²) in [6.07, 6.45) is 5.31. The van der Waals surface area contributed by atoms with Crippen molar-refractivity contribution in [1.29, 1.82) is 0 Å². The number of carbonyl (C=O) groups is 1. The summed E-state index contributed by atoms with van der Waals surface area (Å²) in [4.78, 5) is 17.3. The molecule has 2 rings (SSSR count). The minimum Gasteiger partial charge on any atom is -0.365 e. The van der Waals surface area contributed by atoms with E-state index in [2.05, 4.69) is 24.9 Å². The third kappa shape index (κ3) is 3.60. The van der Waals surface area contributed by atoms with Gasteiger partial charge in [-0.2, -0.15) is 0 Å². The van der Waals surface area contributed by atoms with Gasteiger partial charge in [-0.05, 0) is 36.8 Å². The van der Waals surface area contributed by atoms with E-state index < -0.39 is 0 Å². The molecule has 0 bridgehead atoms. The summed E-state index contributed by atoms with van der Waals surface area (Å²) in [7, 11) is 0. The van der Waals surface area contributed by atoms with E-state index in [1.54, 1.807) is 0 Å². The number of hydrogen-bond acceptors (Lipinski definition) is 2. The number of nitrogens with one attached hydrogen (secondary N) is 1. The number of nitrogens with zero attached hydrogens (tertiary/aromatic N) is 1. The first-order valence-electron chi connectivity index (χ1n) is 7.15. The van der Waals surface area contributed by atoms with Crippen molar-refractivity contribution in [2.24, 2.45) is 11.1 Å². The van der Waals surface area contributed by atoms with E-state index >= 15 is 0 Å². The molecule has 1 fully saturated rings. The number of likely N-dealkylation sites (tertiary alicyclic amines) is 1. The van der Waals surface area contributed by atoms with Gasteiger partial charge in [0.25, 0.3) is 0 Å². The van der Waals surface area contributed by atoms with E-state index in [9.17, 15) is 4.79 Å². The predicted octanol–water partition coefficient (Wildman–Crippen LogP) is 1.92. The van der Waals surface area contributed by atoms with Gasteiger partial charge in [0.1, 0.15) is 0 Å². The van der Waals surface area contributed by atoms with Gasteiger partial charge >= 0.3 is 0 Å². The Kier molecular flexibility index (Phi) is 4.30. The van der Waals surface area contributed by atoms with Crippen molar-refractivity contribution < 1.29 is 4.79 Å². The second kappa shape index (κ2) is 5.78. The van der Waals surface area contributed by atoms with Crippen LogP contribution in [-0.2, 0) is 11.2 Å². The third-order valence-corrected chi connectivity index (χ3v) is 4.16. The van der Waals surface area contributed by atoms with Gasteiger partial charge in [-0.3, -0.25) is 4.79 Å². The van der Waals surface area contributed by atoms with Crippen LogP contribution in [0.2, 0.25) is 0 Å². The third-order valence-electron chi connectivity index (χ3n) is 4.16. The molecule has 1 aliphatic heterocycles. The molecule has 0 aliphatic carbocycles. The number of H-pyrrole nitrogens is 1. The Labute approximate surface area is 115 Å². The highest BCUT2D eigenvalue weighted by Crippen LogP contribution is 2.28. The summed E-state index contributed by atoms with van der Waals surface area (Å²) < 4.78 is 0. The Morgan fingerprint density at radius 3 is 3.00 bits per heavy atom. The fourth-order valence-electron chi connectivity index (χ4n) is 2.70. The molecule has 4 nitrogen and oxygen atoms in total. The number of piperidine rings is 1. The van der Waals surface area contributed by atoms with Gasteiger partial charge in [0.2, 0.25) is 5.91 Å². The smallest absolute Gasteiger partial charge is 0.222 e. The van der Waals surface area contributed by atoms with Crippen molar-refractivity contribution in [3.05, 3.63) is 24.0 Å². The number of nitrogens with two attached hydrogens (primary N) is 1. The summed E-state index contributed by atoms with van der Waals surface area (Å²) in [6.45, 7) is 5.90. The zero-order chi connectivity index (χ0) is 13.9. The average Bonchev–Trinajstić information content (AvgIpc) is 2.85. The second-order valence-electron chi connectivity index (χ2n) is 6.25. The Bertz CT molecular complexity index is 411. The van der Waals surface area contributed by atoms with Crippen LogP contribution in [0.15, 0.2) is 18.3 Å². The summed E-state index contributed by atoms with van der Waals surface area (Å²) in [5, 5.41) is 0. The maximum absolute atomic E-state index is 12.2. The van der Waals surface area contributed by atoms with E-state index in [0.717, 1.165) is 32.4 Å². The maximum atomic E-state index is 12.2. The molecule has 3 N–H and O–H groups in total. The first-order chi connectivity index (χ1) is 8.99. The number of aromatic amines is 1. The lowest BCUT2D eigenvalue weighted by atomic mass is 9.79. The van der Waals surface area contributed by atoms with Crippen molar-refractivity contribution in [3.63, 3.8) is 0 Å². The van der Waals surface area contributed by atoms with E-state index in [-0.39, 0.29) is 17.4 Å². The van der Waals surface area contributed by atoms with Crippen molar-refractivity contribution in [2.75, 3.05) is 13.1 Å². The van der Waals surface area contributed by atoms with Crippen molar-refractivity contribution in [2.45, 2.75) is 45.6 Å². The van der Waals surface area contributed by atoms with Gasteiger partial charge in [0.15, 0.2) is 0 Å². The van der Waals surface area contributed by atoms with Crippen molar-refractivity contribution in [3.8, 4) is 0 Å². The highest BCUT2D eigenvalue weighted by Gasteiger charge is 2.34. The molecule has 0 aromatic carbocycles. The molecule has 4 heteroatoms. The maximum Gasteiger partial charge on any atom is 0.222 e. The Balaban J connectivity index is 1.77. The molecule has 2 heterocycles. The molecular formula is C15H25N3O. The van der Waals surface area contributed by atoms with Crippen LogP contribution in [-0.4, -0.2) is 34.9 Å². The Hall–Kier alpha value is -1.29. The second-order valence-corrected chi connectivity index (χ2v) is 6.25. The lowest BCUT2D eigenvalue weighted by molar-refractivity contribution is -0.134. The lowest BCUT2D eigenvalue weighted by Gasteiger charge is -2.42. The lowest BCUT2D eigenvalue weighted by Crippen LogP contribution is -2.53. The molecule has 1 unspecified atom stereocenters. The van der Waals surface area contributed by atoms with Gasteiger partial charge in [-0.1, -0.05) is 13.8 Å². The molecule has 1 aromatic heterocycles. The highest BCUT2D eigenvalue weighted by molar-refractivity contribution is 5.76. The van der Waals surface area contributed by atoms with Crippen LogP contribution in [0, 0.1) is 5.41 Å². The minimum absolute atomic E-state index is 0.0351. The zero-order valence-corrected chi connectivity index (χ0v) is 12.0. The molecule has 1 aliphatic rings. The standard InChI is InChI=1S/C15H25N3O/c1-15(2)11-18(10-8-13(15)16)14(19)7-3-5-12-6-4-9-17-12/h4,6,9,13,17H,3,5,7-8,10-11,16H2,1-2H3. The number of hydrogen-bond donors (Lipinski definition) is 2. The van der Waals surface area contributed by atoms with E-state index in [1.165, 1.54) is 5.69 Å². The zero-order valence-electron chi connectivity index (χ0n) is 12.0. The van der Waals surface area contributed by atoms with Crippen LogP contribution in [0.5, 0.6) is 0 Å². The quantitative estimate of drug-likeness (QED) is 0.872. The molecule has 1 aromatic rings. The van der Waals surface area contributed by atoms with E-state index in [4.69, 9.17) is 5.73 Å². The normalized spacial score (nSPS) is 22.5. The van der Waals surface area contributed by atoms with Crippen molar-refractivity contribution in [1.82, 2.24) is 9.88 Å². The Morgan fingerprint density at radius 2 is 2.37 bits per heavy atom. The summed E-state index contributed by atoms with van der Waals surface area (Å²) in [5.74, 6) is 0.270. The first kappa shape index (κ1) is 14.1. The van der Waals surface area contributed by atoms with Gasteiger partial charge in [-0.15, -0.1) is 0 Å².